The molecule has 5 aromatic rings. The Bertz CT molecular complexity index is 1640. The highest BCUT2D eigenvalue weighted by molar-refractivity contribution is 6.02. The summed E-state index contributed by atoms with van der Waals surface area (Å²) >= 11 is 0. The molecule has 6 heteroatoms. The molecule has 2 aliphatic rings. The Morgan fingerprint density at radius 2 is 1.73 bits per heavy atom. The number of rotatable bonds is 4. The fraction of sp³-hybridized carbons (Fsp3) is 0.161. The molecule has 3 heterocycles. The first-order valence-corrected chi connectivity index (χ1v) is 12.4. The van der Waals surface area contributed by atoms with Gasteiger partial charge in [0.05, 0.1) is 24.2 Å². The molecule has 0 aliphatic carbocycles. The number of fused-ring (bicyclic) bond motifs is 4. The minimum absolute atomic E-state index is 0.0359. The van der Waals surface area contributed by atoms with Crippen LogP contribution in [0.5, 0.6) is 11.5 Å². The fourth-order valence-corrected chi connectivity index (χ4v) is 5.30. The molecule has 7 rings (SSSR count). The smallest absolute Gasteiger partial charge is 0.214 e. The Hall–Kier alpha value is -4.58. The van der Waals surface area contributed by atoms with Gasteiger partial charge in [-0.05, 0) is 30.7 Å². The average Bonchev–Trinajstić information content (AvgIpc) is 3.58. The number of methoxy groups -OCH3 is 1. The number of aryl methyl sites for hydroxylation is 1. The van der Waals surface area contributed by atoms with Gasteiger partial charge >= 0.3 is 0 Å². The van der Waals surface area contributed by atoms with Crippen molar-refractivity contribution >= 4 is 16.6 Å². The second-order valence-corrected chi connectivity index (χ2v) is 9.52. The van der Waals surface area contributed by atoms with Gasteiger partial charge in [0.2, 0.25) is 6.23 Å². The molecular formula is C31H25N3O3. The van der Waals surface area contributed by atoms with Gasteiger partial charge in [-0.15, -0.1) is 0 Å². The van der Waals surface area contributed by atoms with Crippen LogP contribution in [0.15, 0.2) is 101 Å². The molecule has 0 N–H and O–H groups in total. The minimum Gasteiger partial charge on any atom is -0.493 e. The van der Waals surface area contributed by atoms with Crippen LogP contribution in [0.3, 0.4) is 0 Å². The minimum atomic E-state index is -0.430. The third-order valence-corrected chi connectivity index (χ3v) is 7.21. The van der Waals surface area contributed by atoms with Crippen LogP contribution in [-0.4, -0.2) is 23.0 Å². The van der Waals surface area contributed by atoms with Gasteiger partial charge in [0.15, 0.2) is 17.3 Å². The number of hydrogen-bond donors (Lipinski definition) is 0. The Kier molecular flexibility index (Phi) is 4.99. The standard InChI is InChI=1S/C31H25N3O3/c1-19-11-13-21(14-12-19)29-24-17-22(15-16-25(24)33-37-29)31-34-27(18-26(32-34)20-7-4-3-5-8-20)23-9-6-10-28(35-2)30(23)36-31/h3-17,27,31H,18H2,1-2H3/t27-,31+/m0/s1. The second kappa shape index (κ2) is 8.52. The van der Waals surface area contributed by atoms with Crippen molar-refractivity contribution in [1.82, 2.24) is 10.2 Å². The third-order valence-electron chi connectivity index (χ3n) is 7.21. The van der Waals surface area contributed by atoms with E-state index in [1.807, 2.05) is 42.5 Å². The van der Waals surface area contributed by atoms with E-state index < -0.39 is 6.23 Å². The van der Waals surface area contributed by atoms with E-state index in [1.165, 1.54) is 5.56 Å². The monoisotopic (exact) mass is 487 g/mol. The molecule has 4 aromatic carbocycles. The summed E-state index contributed by atoms with van der Waals surface area (Å²) in [7, 11) is 1.68. The van der Waals surface area contributed by atoms with Gasteiger partial charge in [0, 0.05) is 23.1 Å². The van der Waals surface area contributed by atoms with Crippen molar-refractivity contribution in [3.8, 4) is 22.8 Å². The number of ether oxygens (including phenoxy) is 2. The summed E-state index contributed by atoms with van der Waals surface area (Å²) in [6, 6.07) is 30.9. The van der Waals surface area contributed by atoms with Gasteiger partial charge in [-0.2, -0.15) is 5.10 Å². The van der Waals surface area contributed by atoms with Crippen LogP contribution in [0, 0.1) is 6.92 Å². The van der Waals surface area contributed by atoms with Crippen LogP contribution in [0.1, 0.15) is 40.9 Å². The van der Waals surface area contributed by atoms with Crippen LogP contribution in [-0.2, 0) is 0 Å². The maximum absolute atomic E-state index is 6.67. The highest BCUT2D eigenvalue weighted by Gasteiger charge is 2.42. The van der Waals surface area contributed by atoms with E-state index in [0.717, 1.165) is 62.5 Å². The highest BCUT2D eigenvalue weighted by atomic mass is 16.5. The summed E-state index contributed by atoms with van der Waals surface area (Å²) in [5.41, 5.74) is 7.21. The maximum Gasteiger partial charge on any atom is 0.214 e. The molecule has 0 saturated heterocycles. The first-order valence-electron chi connectivity index (χ1n) is 12.4. The van der Waals surface area contributed by atoms with Crippen molar-refractivity contribution in [3.63, 3.8) is 0 Å². The first kappa shape index (κ1) is 21.7. The van der Waals surface area contributed by atoms with Gasteiger partial charge in [-0.3, -0.25) is 0 Å². The van der Waals surface area contributed by atoms with E-state index >= 15 is 0 Å². The van der Waals surface area contributed by atoms with Gasteiger partial charge in [-0.25, -0.2) is 5.01 Å². The molecule has 0 unspecified atom stereocenters. The molecule has 0 amide bonds. The van der Waals surface area contributed by atoms with Crippen molar-refractivity contribution in [1.29, 1.82) is 0 Å². The van der Waals surface area contributed by atoms with Gasteiger partial charge in [0.25, 0.3) is 0 Å². The lowest BCUT2D eigenvalue weighted by Gasteiger charge is -2.38. The van der Waals surface area contributed by atoms with E-state index in [2.05, 4.69) is 65.6 Å². The predicted molar refractivity (Wildman–Crippen MR) is 143 cm³/mol. The molecule has 1 aromatic heterocycles. The summed E-state index contributed by atoms with van der Waals surface area (Å²) in [6.45, 7) is 2.07. The molecule has 0 radical (unpaired) electrons. The Labute approximate surface area is 214 Å². The molecule has 0 fully saturated rings. The van der Waals surface area contributed by atoms with E-state index in [4.69, 9.17) is 19.1 Å². The predicted octanol–water partition coefficient (Wildman–Crippen LogP) is 7.05. The summed E-state index contributed by atoms with van der Waals surface area (Å²) in [4.78, 5) is 0. The molecule has 2 atom stereocenters. The van der Waals surface area contributed by atoms with Crippen LogP contribution >= 0.6 is 0 Å². The van der Waals surface area contributed by atoms with E-state index in [1.54, 1.807) is 7.11 Å². The Balaban J connectivity index is 1.36. The lowest BCUT2D eigenvalue weighted by molar-refractivity contribution is -0.0208. The van der Waals surface area contributed by atoms with Crippen molar-refractivity contribution < 1.29 is 14.0 Å². The van der Waals surface area contributed by atoms with Crippen LogP contribution in [0.4, 0.5) is 0 Å². The molecule has 0 saturated carbocycles. The largest absolute Gasteiger partial charge is 0.493 e. The van der Waals surface area contributed by atoms with Gasteiger partial charge in [0.1, 0.15) is 5.52 Å². The molecule has 0 spiro atoms. The molecule has 37 heavy (non-hydrogen) atoms. The van der Waals surface area contributed by atoms with Crippen molar-refractivity contribution in [2.75, 3.05) is 7.11 Å². The lowest BCUT2D eigenvalue weighted by atomic mass is 9.95. The molecule has 6 nitrogen and oxygen atoms in total. The number of para-hydroxylation sites is 1. The van der Waals surface area contributed by atoms with Crippen LogP contribution in [0.2, 0.25) is 0 Å². The summed E-state index contributed by atoms with van der Waals surface area (Å²) in [5.74, 6) is 2.24. The normalized spacial score (nSPS) is 18.2. The van der Waals surface area contributed by atoms with Crippen molar-refractivity contribution in [3.05, 3.63) is 113 Å². The SMILES string of the molecule is COc1cccc2c1O[C@H](c1ccc3noc(-c4ccc(C)cc4)c3c1)N1N=C(c3ccccc3)C[C@@H]21. The van der Waals surface area contributed by atoms with Gasteiger partial charge < -0.3 is 14.0 Å². The fourth-order valence-electron chi connectivity index (χ4n) is 5.30. The van der Waals surface area contributed by atoms with Crippen molar-refractivity contribution in [2.45, 2.75) is 25.6 Å². The maximum atomic E-state index is 6.67. The van der Waals surface area contributed by atoms with Gasteiger partial charge in [-0.1, -0.05) is 83.5 Å². The Morgan fingerprint density at radius 3 is 2.54 bits per heavy atom. The summed E-state index contributed by atoms with van der Waals surface area (Å²) in [5, 5.41) is 12.4. The zero-order valence-corrected chi connectivity index (χ0v) is 20.6. The number of nitrogens with zero attached hydrogens (tertiary/aromatic N) is 3. The average molecular weight is 488 g/mol. The van der Waals surface area contributed by atoms with E-state index in [0.29, 0.717) is 0 Å². The number of benzene rings is 4. The quantitative estimate of drug-likeness (QED) is 0.272. The zero-order valence-electron chi connectivity index (χ0n) is 20.6. The summed E-state index contributed by atoms with van der Waals surface area (Å²) < 4.78 is 18.1. The lowest BCUT2D eigenvalue weighted by Crippen LogP contribution is -2.33. The number of hydrazone groups is 1. The van der Waals surface area contributed by atoms with Crippen LogP contribution < -0.4 is 9.47 Å². The Morgan fingerprint density at radius 1 is 0.892 bits per heavy atom. The topological polar surface area (TPSA) is 60.1 Å². The van der Waals surface area contributed by atoms with Crippen LogP contribution in [0.25, 0.3) is 22.2 Å². The van der Waals surface area contributed by atoms with E-state index in [-0.39, 0.29) is 6.04 Å². The molecule has 2 aliphatic heterocycles. The highest BCUT2D eigenvalue weighted by Crippen LogP contribution is 2.51. The van der Waals surface area contributed by atoms with E-state index in [9.17, 15) is 0 Å². The first-order chi connectivity index (χ1) is 18.2. The van der Waals surface area contributed by atoms with Crippen molar-refractivity contribution in [2.24, 2.45) is 5.10 Å². The third kappa shape index (κ3) is 3.56. The molecule has 0 bridgehead atoms. The second-order valence-electron chi connectivity index (χ2n) is 9.52. The number of aromatic nitrogens is 1. The molecule has 182 valence electrons. The molecular weight excluding hydrogens is 462 g/mol. The zero-order chi connectivity index (χ0) is 24.9. The number of hydrogen-bond acceptors (Lipinski definition) is 6. The summed E-state index contributed by atoms with van der Waals surface area (Å²) in [6.07, 6.45) is 0.355.